The number of anilines is 1. The van der Waals surface area contributed by atoms with Gasteiger partial charge in [-0.15, -0.1) is 0 Å². The number of carbonyl (C=O) groups is 2. The largest absolute Gasteiger partial charge is 0.354 e. The normalized spacial score (nSPS) is 12.1. The lowest BCUT2D eigenvalue weighted by Crippen LogP contribution is -2.51. The van der Waals surface area contributed by atoms with E-state index in [1.165, 1.54) is 60.4 Å². The lowest BCUT2D eigenvalue weighted by atomic mass is 10.1. The lowest BCUT2D eigenvalue weighted by molar-refractivity contribution is -0.139. The standard InChI is InChI=1S/C29H32Cl2FN3O4S/c1-4-5-14-33-29(37)21(3)34(18-22-8-6-7-9-27(22)32)28(36)19-35(25-16-23(30)15-24(31)17-25)40(38,39)26-12-10-20(2)11-13-26/h6-13,15-17,21H,4-5,14,18-19H2,1-3H3,(H,33,37)/t21-/m0/s1. The predicted octanol–water partition coefficient (Wildman–Crippen LogP) is 5.97. The number of aryl methyl sites for hydroxylation is 1. The van der Waals surface area contributed by atoms with E-state index < -0.39 is 40.2 Å². The second-order valence-electron chi connectivity index (χ2n) is 9.39. The molecular weight excluding hydrogens is 576 g/mol. The average Bonchev–Trinajstić information content (AvgIpc) is 2.90. The van der Waals surface area contributed by atoms with Gasteiger partial charge >= 0.3 is 0 Å². The molecule has 0 radical (unpaired) electrons. The minimum Gasteiger partial charge on any atom is -0.354 e. The van der Waals surface area contributed by atoms with Gasteiger partial charge in [0.05, 0.1) is 10.6 Å². The zero-order chi connectivity index (χ0) is 29.4. The smallest absolute Gasteiger partial charge is 0.264 e. The number of halogens is 3. The topological polar surface area (TPSA) is 86.8 Å². The van der Waals surface area contributed by atoms with E-state index in [0.717, 1.165) is 22.7 Å². The van der Waals surface area contributed by atoms with Gasteiger partial charge in [-0.25, -0.2) is 12.8 Å². The number of sulfonamides is 1. The number of hydrogen-bond acceptors (Lipinski definition) is 4. The van der Waals surface area contributed by atoms with Crippen molar-refractivity contribution in [3.8, 4) is 0 Å². The van der Waals surface area contributed by atoms with E-state index in [1.54, 1.807) is 18.2 Å². The van der Waals surface area contributed by atoms with Gasteiger partial charge in [0.15, 0.2) is 0 Å². The van der Waals surface area contributed by atoms with Crippen LogP contribution in [-0.4, -0.2) is 44.3 Å². The Hall–Kier alpha value is -3.14. The Morgan fingerprint density at radius 1 is 1.00 bits per heavy atom. The molecule has 0 aliphatic rings. The van der Waals surface area contributed by atoms with Gasteiger partial charge in [-0.2, -0.15) is 0 Å². The number of benzene rings is 3. The van der Waals surface area contributed by atoms with Crippen LogP contribution >= 0.6 is 23.2 Å². The van der Waals surface area contributed by atoms with Crippen LogP contribution in [0.1, 0.15) is 37.8 Å². The number of carbonyl (C=O) groups excluding carboxylic acids is 2. The van der Waals surface area contributed by atoms with Crippen molar-refractivity contribution >= 4 is 50.7 Å². The molecule has 0 spiro atoms. The van der Waals surface area contributed by atoms with E-state index >= 15 is 0 Å². The van der Waals surface area contributed by atoms with Crippen molar-refractivity contribution in [3.63, 3.8) is 0 Å². The van der Waals surface area contributed by atoms with Gasteiger partial charge in [0.25, 0.3) is 10.0 Å². The maximum absolute atomic E-state index is 14.6. The van der Waals surface area contributed by atoms with Crippen LogP contribution in [-0.2, 0) is 26.2 Å². The van der Waals surface area contributed by atoms with Gasteiger partial charge in [-0.3, -0.25) is 13.9 Å². The first kappa shape index (κ1) is 31.4. The fraction of sp³-hybridized carbons (Fsp3) is 0.310. The maximum Gasteiger partial charge on any atom is 0.264 e. The molecule has 0 aliphatic heterocycles. The molecule has 0 saturated carbocycles. The molecule has 0 saturated heterocycles. The van der Waals surface area contributed by atoms with E-state index in [4.69, 9.17) is 23.2 Å². The molecule has 214 valence electrons. The molecule has 0 fully saturated rings. The van der Waals surface area contributed by atoms with Crippen molar-refractivity contribution in [2.75, 3.05) is 17.4 Å². The highest BCUT2D eigenvalue weighted by molar-refractivity contribution is 7.92. The molecule has 0 aliphatic carbocycles. The fourth-order valence-corrected chi connectivity index (χ4v) is 5.89. The number of rotatable bonds is 12. The third-order valence-corrected chi connectivity index (χ3v) is 8.54. The highest BCUT2D eigenvalue weighted by atomic mass is 35.5. The summed E-state index contributed by atoms with van der Waals surface area (Å²) in [4.78, 5) is 28.0. The molecule has 0 heterocycles. The minimum absolute atomic E-state index is 0.0481. The monoisotopic (exact) mass is 607 g/mol. The molecule has 40 heavy (non-hydrogen) atoms. The van der Waals surface area contributed by atoms with E-state index in [2.05, 4.69) is 5.32 Å². The summed E-state index contributed by atoms with van der Waals surface area (Å²) in [6.45, 7) is 4.80. The molecule has 3 rings (SSSR count). The van der Waals surface area contributed by atoms with Crippen molar-refractivity contribution < 1.29 is 22.4 Å². The van der Waals surface area contributed by atoms with Crippen LogP contribution in [0.4, 0.5) is 10.1 Å². The van der Waals surface area contributed by atoms with Crippen molar-refractivity contribution in [1.29, 1.82) is 0 Å². The van der Waals surface area contributed by atoms with Crippen LogP contribution in [0, 0.1) is 12.7 Å². The van der Waals surface area contributed by atoms with Crippen molar-refractivity contribution in [2.45, 2.75) is 51.1 Å². The Morgan fingerprint density at radius 3 is 2.23 bits per heavy atom. The number of unbranched alkanes of at least 4 members (excludes halogenated alkanes) is 1. The first-order chi connectivity index (χ1) is 18.9. The molecule has 0 unspecified atom stereocenters. The quantitative estimate of drug-likeness (QED) is 0.257. The Bertz CT molecular complexity index is 1430. The summed E-state index contributed by atoms with van der Waals surface area (Å²) in [7, 11) is -4.28. The van der Waals surface area contributed by atoms with Gasteiger partial charge < -0.3 is 10.2 Å². The van der Waals surface area contributed by atoms with Gasteiger partial charge in [0, 0.05) is 28.7 Å². The van der Waals surface area contributed by atoms with Crippen LogP contribution in [0.25, 0.3) is 0 Å². The maximum atomic E-state index is 14.6. The summed E-state index contributed by atoms with van der Waals surface area (Å²) in [5, 5.41) is 3.13. The van der Waals surface area contributed by atoms with Crippen LogP contribution in [0.15, 0.2) is 71.6 Å². The molecule has 1 N–H and O–H groups in total. The minimum atomic E-state index is -4.28. The Kier molecular flexibility index (Phi) is 11.0. The van der Waals surface area contributed by atoms with E-state index in [-0.39, 0.29) is 32.7 Å². The Balaban J connectivity index is 2.04. The molecule has 7 nitrogen and oxygen atoms in total. The summed E-state index contributed by atoms with van der Waals surface area (Å²) in [6, 6.07) is 15.3. The highest BCUT2D eigenvalue weighted by Crippen LogP contribution is 2.30. The van der Waals surface area contributed by atoms with Crippen LogP contribution < -0.4 is 9.62 Å². The van der Waals surface area contributed by atoms with E-state index in [9.17, 15) is 22.4 Å². The second kappa shape index (κ2) is 14.0. The zero-order valence-electron chi connectivity index (χ0n) is 22.5. The van der Waals surface area contributed by atoms with Gasteiger partial charge in [0.1, 0.15) is 18.4 Å². The average molecular weight is 609 g/mol. The summed E-state index contributed by atoms with van der Waals surface area (Å²) in [5.74, 6) is -1.70. The number of nitrogens with zero attached hydrogens (tertiary/aromatic N) is 2. The van der Waals surface area contributed by atoms with Crippen molar-refractivity contribution in [1.82, 2.24) is 10.2 Å². The summed E-state index contributed by atoms with van der Waals surface area (Å²) >= 11 is 12.4. The number of amides is 2. The van der Waals surface area contributed by atoms with Gasteiger partial charge in [-0.05, 0) is 56.7 Å². The van der Waals surface area contributed by atoms with E-state index in [0.29, 0.717) is 6.54 Å². The summed E-state index contributed by atoms with van der Waals surface area (Å²) < 4.78 is 43.2. The summed E-state index contributed by atoms with van der Waals surface area (Å²) in [5.41, 5.74) is 1.10. The molecule has 11 heteroatoms. The van der Waals surface area contributed by atoms with Crippen molar-refractivity contribution in [3.05, 3.63) is 93.7 Å². The lowest BCUT2D eigenvalue weighted by Gasteiger charge is -2.32. The first-order valence-electron chi connectivity index (χ1n) is 12.8. The third kappa shape index (κ3) is 7.96. The van der Waals surface area contributed by atoms with Gasteiger partial charge in [-0.1, -0.05) is 72.4 Å². The molecule has 2 amide bonds. The van der Waals surface area contributed by atoms with Crippen LogP contribution in [0.2, 0.25) is 10.0 Å². The highest BCUT2D eigenvalue weighted by Gasteiger charge is 2.33. The predicted molar refractivity (Wildman–Crippen MR) is 157 cm³/mol. The fourth-order valence-electron chi connectivity index (χ4n) is 3.98. The van der Waals surface area contributed by atoms with E-state index in [1.807, 2.05) is 13.8 Å². The zero-order valence-corrected chi connectivity index (χ0v) is 24.9. The van der Waals surface area contributed by atoms with Crippen LogP contribution in [0.3, 0.4) is 0 Å². The second-order valence-corrected chi connectivity index (χ2v) is 12.1. The molecule has 1 atom stereocenters. The van der Waals surface area contributed by atoms with Gasteiger partial charge in [0.2, 0.25) is 11.8 Å². The van der Waals surface area contributed by atoms with Crippen LogP contribution in [0.5, 0.6) is 0 Å². The molecule has 0 aromatic heterocycles. The first-order valence-corrected chi connectivity index (χ1v) is 15.0. The SMILES string of the molecule is CCCCNC(=O)[C@H](C)N(Cc1ccccc1F)C(=O)CN(c1cc(Cl)cc(Cl)c1)S(=O)(=O)c1ccc(C)cc1. The number of hydrogen-bond donors (Lipinski definition) is 1. The molecule has 3 aromatic carbocycles. The number of nitrogens with one attached hydrogen (secondary N) is 1. The molecular formula is C29H32Cl2FN3O4S. The Labute approximate surface area is 244 Å². The Morgan fingerprint density at radius 2 is 1.62 bits per heavy atom. The summed E-state index contributed by atoms with van der Waals surface area (Å²) in [6.07, 6.45) is 1.61. The molecule has 0 bridgehead atoms. The molecule has 3 aromatic rings. The third-order valence-electron chi connectivity index (χ3n) is 6.32. The van der Waals surface area contributed by atoms with Crippen molar-refractivity contribution in [2.24, 2.45) is 0 Å².